The number of aliphatic imine (C=N–C) groups is 1. The Morgan fingerprint density at radius 3 is 1.54 bits per heavy atom. The molecule has 1 amide bonds. The zero-order valence-electron chi connectivity index (χ0n) is 7.23. The molecule has 0 fully saturated rings. The number of thiocarbonyl (C=S) groups is 1. The van der Waals surface area contributed by atoms with Crippen LogP contribution < -0.4 is 0 Å². The molecule has 0 aliphatic carbocycles. The fraction of sp³-hybridized carbons (Fsp3) is 0.111. The van der Waals surface area contributed by atoms with Crippen molar-refractivity contribution in [2.75, 3.05) is 0 Å². The first-order chi connectivity index (χ1) is 5.77. The first-order valence-electron chi connectivity index (χ1n) is 3.36. The number of isothiocyanates is 1. The molecule has 1 aromatic carbocycles. The largest absolute Gasteiger partial charge is 0.412 e. The molecule has 1 aromatic rings. The molecule has 1 rings (SSSR count). The second-order valence-electron chi connectivity index (χ2n) is 1.88. The third-order valence-electron chi connectivity index (χ3n) is 0.870. The Morgan fingerprint density at radius 1 is 1.15 bits per heavy atom. The van der Waals surface area contributed by atoms with Crippen LogP contribution in [0.3, 0.4) is 0 Å². The van der Waals surface area contributed by atoms with Gasteiger partial charge in [-0.15, -0.1) is 0 Å². The minimum Gasteiger partial charge on any atom is -0.412 e. The molecule has 0 bridgehead atoms. The molecule has 0 atom stereocenters. The molecule has 2 N–H and O–H groups in total. The van der Waals surface area contributed by atoms with Gasteiger partial charge in [0.1, 0.15) is 0 Å². The number of hydrogen-bond donors (Lipinski definition) is 0. The van der Waals surface area contributed by atoms with E-state index in [4.69, 9.17) is 0 Å². The molecular weight excluding hydrogens is 186 g/mol. The van der Waals surface area contributed by atoms with Crippen LogP contribution in [-0.4, -0.2) is 16.5 Å². The Hall–Kier alpha value is -1.35. The standard InChI is InChI=1S/C6H6.C3H3NOS.H2O/c1-2-4-6-5-3-1;1-3(5)4-2-6;/h1-6H;1H3;1H2. The van der Waals surface area contributed by atoms with E-state index in [0.717, 1.165) is 0 Å². The molecule has 70 valence electrons. The van der Waals surface area contributed by atoms with E-state index in [1.807, 2.05) is 41.6 Å². The Bertz CT molecular complexity index is 241. The second kappa shape index (κ2) is 10.7. The molecule has 0 heterocycles. The predicted octanol–water partition coefficient (Wildman–Crippen LogP) is 1.50. The van der Waals surface area contributed by atoms with Crippen LogP contribution in [0, 0.1) is 0 Å². The van der Waals surface area contributed by atoms with Crippen LogP contribution in [0.15, 0.2) is 41.4 Å². The van der Waals surface area contributed by atoms with Crippen molar-refractivity contribution in [1.82, 2.24) is 0 Å². The number of hydrogen-bond acceptors (Lipinski definition) is 2. The molecule has 0 radical (unpaired) electrons. The van der Waals surface area contributed by atoms with Crippen molar-refractivity contribution in [2.24, 2.45) is 4.99 Å². The summed E-state index contributed by atoms with van der Waals surface area (Å²) in [7, 11) is 0. The summed E-state index contributed by atoms with van der Waals surface area (Å²) >= 11 is 4.09. The highest BCUT2D eigenvalue weighted by molar-refractivity contribution is 7.78. The van der Waals surface area contributed by atoms with Gasteiger partial charge in [0.25, 0.3) is 5.91 Å². The van der Waals surface area contributed by atoms with E-state index in [9.17, 15) is 4.79 Å². The molecule has 0 saturated carbocycles. The third kappa shape index (κ3) is 13.6. The molecule has 0 unspecified atom stereocenters. The Balaban J connectivity index is 0. The molecule has 0 saturated heterocycles. The molecule has 0 aliphatic rings. The highest BCUT2D eigenvalue weighted by atomic mass is 32.1. The van der Waals surface area contributed by atoms with Gasteiger partial charge in [-0.1, -0.05) is 36.4 Å². The van der Waals surface area contributed by atoms with E-state index in [1.165, 1.54) is 6.92 Å². The van der Waals surface area contributed by atoms with Gasteiger partial charge >= 0.3 is 0 Å². The van der Waals surface area contributed by atoms with E-state index < -0.39 is 0 Å². The number of amides is 1. The van der Waals surface area contributed by atoms with Crippen LogP contribution in [0.5, 0.6) is 0 Å². The van der Waals surface area contributed by atoms with Crippen molar-refractivity contribution >= 4 is 23.3 Å². The zero-order chi connectivity index (χ0) is 9.23. The summed E-state index contributed by atoms with van der Waals surface area (Å²) in [5.41, 5.74) is 0. The fourth-order valence-corrected chi connectivity index (χ4v) is 0.578. The highest BCUT2D eigenvalue weighted by Crippen LogP contribution is 1.79. The maximum Gasteiger partial charge on any atom is 0.251 e. The normalized spacial score (nSPS) is 6.54. The van der Waals surface area contributed by atoms with Gasteiger partial charge in [0, 0.05) is 6.92 Å². The Kier molecular flexibility index (Phi) is 11.6. The lowest BCUT2D eigenvalue weighted by atomic mass is 10.4. The third-order valence-corrected chi connectivity index (χ3v) is 0.961. The minimum atomic E-state index is -0.301. The molecule has 3 nitrogen and oxygen atoms in total. The van der Waals surface area contributed by atoms with Crippen molar-refractivity contribution in [3.05, 3.63) is 36.4 Å². The lowest BCUT2D eigenvalue weighted by molar-refractivity contribution is -0.115. The average molecular weight is 197 g/mol. The van der Waals surface area contributed by atoms with Crippen LogP contribution >= 0.6 is 12.2 Å². The SMILES string of the molecule is CC(=O)N=C=S.O.c1ccccc1. The van der Waals surface area contributed by atoms with Crippen molar-refractivity contribution in [2.45, 2.75) is 6.92 Å². The predicted molar refractivity (Wildman–Crippen MR) is 55.8 cm³/mol. The number of nitrogens with zero attached hydrogens (tertiary/aromatic N) is 1. The fourth-order valence-electron chi connectivity index (χ4n) is 0.449. The smallest absolute Gasteiger partial charge is 0.251 e. The Morgan fingerprint density at radius 2 is 1.46 bits per heavy atom. The van der Waals surface area contributed by atoms with Gasteiger partial charge in [0.05, 0.1) is 5.16 Å². The van der Waals surface area contributed by atoms with Crippen LogP contribution in [0.2, 0.25) is 0 Å². The summed E-state index contributed by atoms with van der Waals surface area (Å²) in [4.78, 5) is 12.8. The summed E-state index contributed by atoms with van der Waals surface area (Å²) in [6.07, 6.45) is 0. The molecule has 4 heteroatoms. The summed E-state index contributed by atoms with van der Waals surface area (Å²) < 4.78 is 0. The summed E-state index contributed by atoms with van der Waals surface area (Å²) in [5.74, 6) is -0.301. The van der Waals surface area contributed by atoms with E-state index in [0.29, 0.717) is 0 Å². The van der Waals surface area contributed by atoms with Gasteiger partial charge in [0.15, 0.2) is 0 Å². The van der Waals surface area contributed by atoms with Crippen molar-refractivity contribution in [3.8, 4) is 0 Å². The monoisotopic (exact) mass is 197 g/mol. The number of carbonyl (C=O) groups is 1. The van der Waals surface area contributed by atoms with Gasteiger partial charge in [-0.3, -0.25) is 4.79 Å². The van der Waals surface area contributed by atoms with Crippen LogP contribution in [0.25, 0.3) is 0 Å². The molecule has 13 heavy (non-hydrogen) atoms. The van der Waals surface area contributed by atoms with E-state index in [-0.39, 0.29) is 11.4 Å². The molecule has 0 aliphatic heterocycles. The summed E-state index contributed by atoms with van der Waals surface area (Å²) in [5, 5.41) is 1.93. The van der Waals surface area contributed by atoms with Gasteiger partial charge < -0.3 is 5.48 Å². The molecular formula is C9H11NO2S. The number of rotatable bonds is 0. The van der Waals surface area contributed by atoms with Crippen molar-refractivity contribution in [1.29, 1.82) is 0 Å². The van der Waals surface area contributed by atoms with E-state index in [2.05, 4.69) is 17.2 Å². The maximum atomic E-state index is 9.75. The van der Waals surface area contributed by atoms with Gasteiger partial charge in [0.2, 0.25) is 0 Å². The first-order valence-corrected chi connectivity index (χ1v) is 3.76. The van der Waals surface area contributed by atoms with Crippen molar-refractivity contribution in [3.63, 3.8) is 0 Å². The summed E-state index contributed by atoms with van der Waals surface area (Å²) in [6, 6.07) is 12.0. The van der Waals surface area contributed by atoms with E-state index >= 15 is 0 Å². The lowest BCUT2D eigenvalue weighted by Crippen LogP contribution is -1.76. The van der Waals surface area contributed by atoms with Crippen LogP contribution in [0.4, 0.5) is 0 Å². The van der Waals surface area contributed by atoms with Crippen molar-refractivity contribution < 1.29 is 10.3 Å². The summed E-state index contributed by atoms with van der Waals surface area (Å²) in [6.45, 7) is 1.32. The van der Waals surface area contributed by atoms with Gasteiger partial charge in [-0.2, -0.15) is 4.99 Å². The lowest BCUT2D eigenvalue weighted by Gasteiger charge is -1.69. The first kappa shape index (κ1) is 14.2. The van der Waals surface area contributed by atoms with Crippen LogP contribution in [0.1, 0.15) is 6.92 Å². The van der Waals surface area contributed by atoms with Gasteiger partial charge in [-0.05, 0) is 12.2 Å². The molecule has 0 spiro atoms. The topological polar surface area (TPSA) is 60.9 Å². The Labute approximate surface area is 82.4 Å². The minimum absolute atomic E-state index is 0. The number of benzene rings is 1. The van der Waals surface area contributed by atoms with E-state index in [1.54, 1.807) is 0 Å². The van der Waals surface area contributed by atoms with Gasteiger partial charge in [-0.25, -0.2) is 0 Å². The molecule has 0 aromatic heterocycles. The maximum absolute atomic E-state index is 9.75. The number of carbonyl (C=O) groups excluding carboxylic acids is 1. The zero-order valence-corrected chi connectivity index (χ0v) is 8.04. The van der Waals surface area contributed by atoms with Crippen LogP contribution in [-0.2, 0) is 4.79 Å². The highest BCUT2D eigenvalue weighted by Gasteiger charge is 1.74. The second-order valence-corrected chi connectivity index (χ2v) is 2.06. The quantitative estimate of drug-likeness (QED) is 0.467. The average Bonchev–Trinajstić information content (AvgIpc) is 2.08.